The van der Waals surface area contributed by atoms with Crippen molar-refractivity contribution in [2.45, 2.75) is 6.04 Å². The first-order valence-corrected chi connectivity index (χ1v) is 3.89. The number of non-ortho nitro benzene ring substituents is 1. The largest absolute Gasteiger partial charge is 0.508 e. The van der Waals surface area contributed by atoms with Crippen LogP contribution in [0.4, 0.5) is 5.69 Å². The molecule has 0 heterocycles. The summed E-state index contributed by atoms with van der Waals surface area (Å²) >= 11 is 0. The van der Waals surface area contributed by atoms with Crippen LogP contribution in [-0.4, -0.2) is 21.1 Å². The van der Waals surface area contributed by atoms with Crippen LogP contribution in [0.2, 0.25) is 0 Å². The molecule has 1 unspecified atom stereocenters. The van der Waals surface area contributed by atoms with Crippen LogP contribution in [0.5, 0.6) is 5.75 Å². The molecule has 0 amide bonds. The van der Waals surface area contributed by atoms with Crippen molar-refractivity contribution in [3.05, 3.63) is 33.9 Å². The summed E-state index contributed by atoms with van der Waals surface area (Å²) in [6, 6.07) is 1.56. The Labute approximate surface area is 83.9 Å². The molecule has 0 bridgehead atoms. The number of nitro benzene ring substituents is 1. The maximum absolute atomic E-state index is 10.5. The summed E-state index contributed by atoms with van der Waals surface area (Å²) in [6.45, 7) is 0. The van der Waals surface area contributed by atoms with Crippen LogP contribution < -0.4 is 5.73 Å². The van der Waals surface area contributed by atoms with Crippen molar-refractivity contribution in [2.75, 3.05) is 0 Å². The molecule has 1 rings (SSSR count). The number of nitro groups is 1. The SMILES string of the molecule is NC(C(=O)O)c1cc([N+](=O)[O-])ccc1O. The summed E-state index contributed by atoms with van der Waals surface area (Å²) in [7, 11) is 0. The fourth-order valence-electron chi connectivity index (χ4n) is 1.04. The number of rotatable bonds is 3. The van der Waals surface area contributed by atoms with E-state index in [-0.39, 0.29) is 17.0 Å². The van der Waals surface area contributed by atoms with Gasteiger partial charge in [-0.15, -0.1) is 0 Å². The zero-order valence-electron chi connectivity index (χ0n) is 7.45. The van der Waals surface area contributed by atoms with Crippen LogP contribution in [0.1, 0.15) is 11.6 Å². The molecule has 7 heteroatoms. The zero-order chi connectivity index (χ0) is 11.6. The van der Waals surface area contributed by atoms with Gasteiger partial charge in [0.1, 0.15) is 11.8 Å². The van der Waals surface area contributed by atoms with Crippen molar-refractivity contribution in [3.8, 4) is 5.75 Å². The normalized spacial score (nSPS) is 12.1. The lowest BCUT2D eigenvalue weighted by Crippen LogP contribution is -2.20. The molecule has 0 fully saturated rings. The van der Waals surface area contributed by atoms with E-state index in [1.165, 1.54) is 0 Å². The number of nitrogens with zero attached hydrogens (tertiary/aromatic N) is 1. The Morgan fingerprint density at radius 3 is 2.60 bits per heavy atom. The lowest BCUT2D eigenvalue weighted by Gasteiger charge is -2.08. The second kappa shape index (κ2) is 3.93. The van der Waals surface area contributed by atoms with Gasteiger partial charge in [0, 0.05) is 17.7 Å². The number of carboxylic acid groups (broad SMARTS) is 1. The first-order valence-electron chi connectivity index (χ1n) is 3.89. The molecule has 1 aromatic rings. The smallest absolute Gasteiger partial charge is 0.325 e. The van der Waals surface area contributed by atoms with Crippen LogP contribution in [0.15, 0.2) is 18.2 Å². The monoisotopic (exact) mass is 212 g/mol. The quantitative estimate of drug-likeness (QED) is 0.491. The third-order valence-corrected chi connectivity index (χ3v) is 1.82. The third kappa shape index (κ3) is 2.20. The molecule has 80 valence electrons. The summed E-state index contributed by atoms with van der Waals surface area (Å²) in [5, 5.41) is 28.2. The average Bonchev–Trinajstić information content (AvgIpc) is 2.16. The summed E-state index contributed by atoms with van der Waals surface area (Å²) < 4.78 is 0. The Balaban J connectivity index is 3.22. The Bertz CT molecular complexity index is 417. The van der Waals surface area contributed by atoms with Gasteiger partial charge in [-0.2, -0.15) is 0 Å². The van der Waals surface area contributed by atoms with Crippen molar-refractivity contribution in [1.29, 1.82) is 0 Å². The second-order valence-electron chi connectivity index (χ2n) is 2.82. The number of phenols is 1. The molecule has 0 aromatic heterocycles. The first kappa shape index (κ1) is 10.9. The highest BCUT2D eigenvalue weighted by Crippen LogP contribution is 2.27. The number of carboxylic acids is 1. The number of benzene rings is 1. The van der Waals surface area contributed by atoms with Crippen LogP contribution in [-0.2, 0) is 4.79 Å². The third-order valence-electron chi connectivity index (χ3n) is 1.82. The molecule has 0 aliphatic carbocycles. The highest BCUT2D eigenvalue weighted by molar-refractivity contribution is 5.76. The zero-order valence-corrected chi connectivity index (χ0v) is 7.45. The number of carbonyl (C=O) groups is 1. The van der Waals surface area contributed by atoms with Crippen molar-refractivity contribution in [3.63, 3.8) is 0 Å². The van der Waals surface area contributed by atoms with E-state index in [0.717, 1.165) is 18.2 Å². The van der Waals surface area contributed by atoms with Crippen LogP contribution >= 0.6 is 0 Å². The molecule has 1 aromatic carbocycles. The fraction of sp³-hybridized carbons (Fsp3) is 0.125. The Kier molecular flexibility index (Phi) is 2.86. The maximum Gasteiger partial charge on any atom is 0.325 e. The van der Waals surface area contributed by atoms with Gasteiger partial charge in [-0.1, -0.05) is 0 Å². The van der Waals surface area contributed by atoms with E-state index in [4.69, 9.17) is 10.8 Å². The maximum atomic E-state index is 10.5. The molecule has 15 heavy (non-hydrogen) atoms. The van der Waals surface area contributed by atoms with Gasteiger partial charge in [-0.05, 0) is 6.07 Å². The highest BCUT2D eigenvalue weighted by Gasteiger charge is 2.20. The van der Waals surface area contributed by atoms with E-state index in [1.807, 2.05) is 0 Å². The van der Waals surface area contributed by atoms with E-state index in [0.29, 0.717) is 0 Å². The number of hydrogen-bond acceptors (Lipinski definition) is 5. The molecular weight excluding hydrogens is 204 g/mol. The van der Waals surface area contributed by atoms with Gasteiger partial charge in [0.05, 0.1) is 4.92 Å². The molecule has 0 spiro atoms. The van der Waals surface area contributed by atoms with Crippen molar-refractivity contribution < 1.29 is 19.9 Å². The topological polar surface area (TPSA) is 127 Å². The molecule has 0 saturated carbocycles. The lowest BCUT2D eigenvalue weighted by molar-refractivity contribution is -0.384. The van der Waals surface area contributed by atoms with Crippen molar-refractivity contribution >= 4 is 11.7 Å². The van der Waals surface area contributed by atoms with Crippen LogP contribution in [0, 0.1) is 10.1 Å². The fourth-order valence-corrected chi connectivity index (χ4v) is 1.04. The van der Waals surface area contributed by atoms with E-state index in [9.17, 15) is 20.0 Å². The average molecular weight is 212 g/mol. The van der Waals surface area contributed by atoms with Gasteiger partial charge in [0.25, 0.3) is 5.69 Å². The number of phenolic OH excluding ortho intramolecular Hbond substituents is 1. The molecule has 0 radical (unpaired) electrons. The van der Waals surface area contributed by atoms with Gasteiger partial charge in [0.2, 0.25) is 0 Å². The standard InChI is InChI=1S/C8H8N2O5/c9-7(8(12)13)5-3-4(10(14)15)1-2-6(5)11/h1-3,7,11H,9H2,(H,12,13). The summed E-state index contributed by atoms with van der Waals surface area (Å²) in [4.78, 5) is 20.2. The van der Waals surface area contributed by atoms with Gasteiger partial charge >= 0.3 is 5.97 Å². The second-order valence-corrected chi connectivity index (χ2v) is 2.82. The van der Waals surface area contributed by atoms with Crippen molar-refractivity contribution in [2.24, 2.45) is 5.73 Å². The Hall–Kier alpha value is -2.15. The minimum absolute atomic E-state index is 0.184. The summed E-state index contributed by atoms with van der Waals surface area (Å²) in [5.74, 6) is -1.75. The van der Waals surface area contributed by atoms with Gasteiger partial charge in [-0.25, -0.2) is 0 Å². The predicted octanol–water partition coefficient (Wildman–Crippen LogP) is 0.385. The highest BCUT2D eigenvalue weighted by atomic mass is 16.6. The molecule has 0 aliphatic rings. The summed E-state index contributed by atoms with van der Waals surface area (Å²) in [5.41, 5.74) is 4.72. The van der Waals surface area contributed by atoms with E-state index in [2.05, 4.69) is 0 Å². The van der Waals surface area contributed by atoms with Gasteiger partial charge < -0.3 is 15.9 Å². The molecule has 0 aliphatic heterocycles. The Morgan fingerprint density at radius 1 is 1.53 bits per heavy atom. The number of hydrogen-bond donors (Lipinski definition) is 3. The lowest BCUT2D eigenvalue weighted by atomic mass is 10.1. The first-order chi connectivity index (χ1) is 6.93. The van der Waals surface area contributed by atoms with E-state index >= 15 is 0 Å². The van der Waals surface area contributed by atoms with Crippen LogP contribution in [0.3, 0.4) is 0 Å². The summed E-state index contributed by atoms with van der Waals surface area (Å²) in [6.07, 6.45) is 0. The molecule has 4 N–H and O–H groups in total. The van der Waals surface area contributed by atoms with E-state index in [1.54, 1.807) is 0 Å². The van der Waals surface area contributed by atoms with Gasteiger partial charge in [-0.3, -0.25) is 14.9 Å². The van der Waals surface area contributed by atoms with Gasteiger partial charge in [0.15, 0.2) is 0 Å². The predicted molar refractivity (Wildman–Crippen MR) is 49.3 cm³/mol. The van der Waals surface area contributed by atoms with E-state index < -0.39 is 16.9 Å². The number of nitrogens with two attached hydrogens (primary N) is 1. The number of aliphatic carboxylic acids is 1. The minimum Gasteiger partial charge on any atom is -0.508 e. The number of aromatic hydroxyl groups is 1. The molecule has 1 atom stereocenters. The molecule has 0 saturated heterocycles. The minimum atomic E-state index is -1.48. The Morgan fingerprint density at radius 2 is 2.13 bits per heavy atom. The van der Waals surface area contributed by atoms with Crippen molar-refractivity contribution in [1.82, 2.24) is 0 Å². The molecule has 7 nitrogen and oxygen atoms in total. The molecular formula is C8H8N2O5. The van der Waals surface area contributed by atoms with Crippen LogP contribution in [0.25, 0.3) is 0 Å².